The minimum absolute atomic E-state index is 0. The van der Waals surface area contributed by atoms with E-state index in [-0.39, 0.29) is 37.3 Å². The van der Waals surface area contributed by atoms with Crippen LogP contribution in [-0.4, -0.2) is 42.2 Å². The Morgan fingerprint density at radius 3 is 2.42 bits per heavy atom. The van der Waals surface area contributed by atoms with Crippen molar-refractivity contribution in [1.82, 2.24) is 15.2 Å². The first kappa shape index (κ1) is 21.1. The number of aromatic amines is 1. The average molecular weight is 384 g/mol. The standard InChI is InChI=1S/C16H20F3N3.2ClH/c17-16(18,19)6-5-15(22-9-7-20-8-10-22)13-11-21-14-4-2-1-3-12(13)14;;/h1-4,11,15,20-21H,5-10H2;2*1H/t15-;;/m1../s1. The third-order valence-electron chi connectivity index (χ3n) is 4.27. The Hall–Kier alpha value is -0.950. The van der Waals surface area contributed by atoms with Gasteiger partial charge in [-0.3, -0.25) is 4.90 Å². The molecular weight excluding hydrogens is 362 g/mol. The number of nitrogens with one attached hydrogen (secondary N) is 2. The first-order chi connectivity index (χ1) is 10.5. The van der Waals surface area contributed by atoms with Crippen LogP contribution in [0.15, 0.2) is 30.5 Å². The van der Waals surface area contributed by atoms with Gasteiger partial charge in [0.05, 0.1) is 0 Å². The van der Waals surface area contributed by atoms with E-state index in [0.29, 0.717) is 0 Å². The van der Waals surface area contributed by atoms with Crippen molar-refractivity contribution in [2.45, 2.75) is 25.1 Å². The number of alkyl halides is 3. The maximum absolute atomic E-state index is 12.7. The number of hydrogen-bond acceptors (Lipinski definition) is 2. The molecular formula is C16H22Cl2F3N3. The molecule has 3 rings (SSSR count). The number of halogens is 5. The molecule has 2 heterocycles. The van der Waals surface area contributed by atoms with Crippen molar-refractivity contribution in [2.24, 2.45) is 0 Å². The summed E-state index contributed by atoms with van der Waals surface area (Å²) in [6.45, 7) is 3.21. The van der Waals surface area contributed by atoms with Gasteiger partial charge in [-0.05, 0) is 18.1 Å². The van der Waals surface area contributed by atoms with E-state index >= 15 is 0 Å². The van der Waals surface area contributed by atoms with Crippen molar-refractivity contribution in [3.05, 3.63) is 36.0 Å². The van der Waals surface area contributed by atoms with Gasteiger partial charge in [0.25, 0.3) is 0 Å². The van der Waals surface area contributed by atoms with Crippen molar-refractivity contribution in [3.63, 3.8) is 0 Å². The number of benzene rings is 1. The fourth-order valence-corrected chi connectivity index (χ4v) is 3.20. The van der Waals surface area contributed by atoms with Crippen LogP contribution in [0.2, 0.25) is 0 Å². The van der Waals surface area contributed by atoms with E-state index in [1.807, 2.05) is 30.5 Å². The van der Waals surface area contributed by atoms with E-state index in [1.54, 1.807) is 0 Å². The molecule has 0 unspecified atom stereocenters. The van der Waals surface area contributed by atoms with Crippen molar-refractivity contribution >= 4 is 35.7 Å². The van der Waals surface area contributed by atoms with Gasteiger partial charge < -0.3 is 10.3 Å². The summed E-state index contributed by atoms with van der Waals surface area (Å²) < 4.78 is 38.1. The molecule has 1 fully saturated rings. The number of nitrogens with zero attached hydrogens (tertiary/aromatic N) is 1. The molecule has 3 nitrogen and oxygen atoms in total. The Labute approximate surface area is 151 Å². The fourth-order valence-electron chi connectivity index (χ4n) is 3.20. The summed E-state index contributed by atoms with van der Waals surface area (Å²) in [6, 6.07) is 7.59. The smallest absolute Gasteiger partial charge is 0.361 e. The summed E-state index contributed by atoms with van der Waals surface area (Å²) in [7, 11) is 0. The second-order valence-electron chi connectivity index (χ2n) is 5.75. The highest BCUT2D eigenvalue weighted by atomic mass is 35.5. The van der Waals surface area contributed by atoms with Crippen LogP contribution in [0.4, 0.5) is 13.2 Å². The Bertz CT molecular complexity index is 624. The fraction of sp³-hybridized carbons (Fsp3) is 0.500. The van der Waals surface area contributed by atoms with Crippen molar-refractivity contribution in [2.75, 3.05) is 26.2 Å². The second-order valence-corrected chi connectivity index (χ2v) is 5.75. The van der Waals surface area contributed by atoms with Gasteiger partial charge >= 0.3 is 6.18 Å². The zero-order valence-corrected chi connectivity index (χ0v) is 14.7. The zero-order chi connectivity index (χ0) is 15.6. The van der Waals surface area contributed by atoms with Gasteiger partial charge in [-0.1, -0.05) is 18.2 Å². The molecule has 0 bridgehead atoms. The molecule has 0 spiro atoms. The number of aromatic nitrogens is 1. The molecule has 1 atom stereocenters. The lowest BCUT2D eigenvalue weighted by Gasteiger charge is -2.35. The molecule has 136 valence electrons. The Balaban J connectivity index is 0.00000144. The van der Waals surface area contributed by atoms with Crippen molar-refractivity contribution in [3.8, 4) is 0 Å². The number of piperazine rings is 1. The van der Waals surface area contributed by atoms with Gasteiger partial charge in [-0.2, -0.15) is 13.2 Å². The van der Waals surface area contributed by atoms with E-state index in [9.17, 15) is 13.2 Å². The van der Waals surface area contributed by atoms with Crippen LogP contribution < -0.4 is 5.32 Å². The molecule has 0 amide bonds. The maximum atomic E-state index is 12.7. The molecule has 0 aliphatic carbocycles. The predicted molar refractivity (Wildman–Crippen MR) is 95.3 cm³/mol. The molecule has 1 saturated heterocycles. The SMILES string of the molecule is Cl.Cl.FC(F)(F)CC[C@H](c1c[nH]c2ccccc12)N1CCNCC1. The van der Waals surface area contributed by atoms with Crippen molar-refractivity contribution in [1.29, 1.82) is 0 Å². The first-order valence-electron chi connectivity index (χ1n) is 7.62. The monoisotopic (exact) mass is 383 g/mol. The van der Waals surface area contributed by atoms with Crippen LogP contribution in [-0.2, 0) is 0 Å². The molecule has 2 N–H and O–H groups in total. The Morgan fingerprint density at radius 2 is 1.75 bits per heavy atom. The largest absolute Gasteiger partial charge is 0.389 e. The normalized spacial score (nSPS) is 17.1. The summed E-state index contributed by atoms with van der Waals surface area (Å²) >= 11 is 0. The van der Waals surface area contributed by atoms with Crippen LogP contribution in [0.3, 0.4) is 0 Å². The molecule has 1 aromatic heterocycles. The highest BCUT2D eigenvalue weighted by Gasteiger charge is 2.32. The van der Waals surface area contributed by atoms with Gasteiger partial charge in [0.15, 0.2) is 0 Å². The lowest BCUT2D eigenvalue weighted by molar-refractivity contribution is -0.138. The topological polar surface area (TPSA) is 31.1 Å². The lowest BCUT2D eigenvalue weighted by Crippen LogP contribution is -2.45. The zero-order valence-electron chi connectivity index (χ0n) is 13.1. The molecule has 8 heteroatoms. The summed E-state index contributed by atoms with van der Waals surface area (Å²) in [5.41, 5.74) is 1.95. The van der Waals surface area contributed by atoms with Crippen LogP contribution in [0.1, 0.15) is 24.4 Å². The highest BCUT2D eigenvalue weighted by Crippen LogP contribution is 2.35. The van der Waals surface area contributed by atoms with E-state index in [2.05, 4.69) is 15.2 Å². The summed E-state index contributed by atoms with van der Waals surface area (Å²) in [5, 5.41) is 4.27. The molecule has 0 radical (unpaired) electrons. The lowest BCUT2D eigenvalue weighted by atomic mass is 9.98. The maximum Gasteiger partial charge on any atom is 0.389 e. The van der Waals surface area contributed by atoms with Gasteiger partial charge in [0.1, 0.15) is 0 Å². The number of H-pyrrole nitrogens is 1. The van der Waals surface area contributed by atoms with E-state index < -0.39 is 12.6 Å². The average Bonchev–Trinajstić information content (AvgIpc) is 2.92. The predicted octanol–water partition coefficient (Wildman–Crippen LogP) is 4.30. The third kappa shape index (κ3) is 5.02. The first-order valence-corrected chi connectivity index (χ1v) is 7.62. The Morgan fingerprint density at radius 1 is 1.08 bits per heavy atom. The number of rotatable bonds is 4. The van der Waals surface area contributed by atoms with Crippen LogP contribution >= 0.6 is 24.8 Å². The van der Waals surface area contributed by atoms with E-state index in [0.717, 1.165) is 42.6 Å². The molecule has 0 saturated carbocycles. The van der Waals surface area contributed by atoms with E-state index in [4.69, 9.17) is 0 Å². The minimum Gasteiger partial charge on any atom is -0.361 e. The van der Waals surface area contributed by atoms with E-state index in [1.165, 1.54) is 0 Å². The summed E-state index contributed by atoms with van der Waals surface area (Å²) in [5.74, 6) is 0. The van der Waals surface area contributed by atoms with Crippen LogP contribution in [0.25, 0.3) is 10.9 Å². The van der Waals surface area contributed by atoms with Gasteiger partial charge in [-0.25, -0.2) is 0 Å². The minimum atomic E-state index is -4.11. The Kier molecular flexibility index (Phi) is 7.86. The van der Waals surface area contributed by atoms with Gasteiger partial charge in [-0.15, -0.1) is 24.8 Å². The molecule has 2 aromatic rings. The van der Waals surface area contributed by atoms with Crippen LogP contribution in [0.5, 0.6) is 0 Å². The highest BCUT2D eigenvalue weighted by molar-refractivity contribution is 5.85. The van der Waals surface area contributed by atoms with Gasteiger partial charge in [0, 0.05) is 55.7 Å². The quantitative estimate of drug-likeness (QED) is 0.824. The second kappa shape index (κ2) is 8.94. The number of fused-ring (bicyclic) bond motifs is 1. The summed E-state index contributed by atoms with van der Waals surface area (Å²) in [4.78, 5) is 5.35. The molecule has 1 aliphatic heterocycles. The summed E-state index contributed by atoms with van der Waals surface area (Å²) in [6.07, 6.45) is -2.89. The van der Waals surface area contributed by atoms with Crippen LogP contribution in [0, 0.1) is 0 Å². The van der Waals surface area contributed by atoms with Crippen molar-refractivity contribution < 1.29 is 13.2 Å². The molecule has 24 heavy (non-hydrogen) atoms. The third-order valence-corrected chi connectivity index (χ3v) is 4.27. The number of para-hydroxylation sites is 1. The molecule has 1 aromatic carbocycles. The number of hydrogen-bond donors (Lipinski definition) is 2. The molecule has 1 aliphatic rings. The van der Waals surface area contributed by atoms with Gasteiger partial charge in [0.2, 0.25) is 0 Å².